The molecule has 0 saturated carbocycles. The van der Waals surface area contributed by atoms with Crippen molar-refractivity contribution in [2.45, 2.75) is 88.9 Å². The Morgan fingerprint density at radius 1 is 0.471 bits per heavy atom. The first kappa shape index (κ1) is 51.9. The van der Waals surface area contributed by atoms with Crippen LogP contribution in [-0.2, 0) is 57.7 Å². The van der Waals surface area contributed by atoms with Gasteiger partial charge >= 0.3 is 11.9 Å². The minimum Gasteiger partial charge on any atom is -0.481 e. The Morgan fingerprint density at radius 2 is 0.853 bits per heavy atom. The van der Waals surface area contributed by atoms with Crippen LogP contribution in [-0.4, -0.2) is 71.0 Å². The summed E-state index contributed by atoms with van der Waals surface area (Å²) in [7, 11) is 3.73. The average molecular weight is 913 g/mol. The van der Waals surface area contributed by atoms with Gasteiger partial charge in [0.2, 0.25) is 11.8 Å². The summed E-state index contributed by atoms with van der Waals surface area (Å²) in [6.07, 6.45) is 11.6. The molecule has 8 nitrogen and oxygen atoms in total. The fourth-order valence-corrected chi connectivity index (χ4v) is 8.28. The van der Waals surface area contributed by atoms with Gasteiger partial charge in [0.25, 0.3) is 0 Å². The number of nitrogens with zero attached hydrogens (tertiary/aromatic N) is 2. The van der Waals surface area contributed by atoms with Crippen LogP contribution in [0.15, 0.2) is 182 Å². The Bertz CT molecular complexity index is 2420. The molecule has 0 heterocycles. The topological polar surface area (TPSA) is 115 Å². The second kappa shape index (κ2) is 28.9. The molecule has 6 rings (SSSR count). The highest BCUT2D eigenvalue weighted by Gasteiger charge is 2.16. The SMILES string of the molecule is CN(CCc1ccccc1)C(=O)Cc1ccc(CC(CCC=CC(=O)O)c2ccccc2)cc1.CN(CCc1ccccc1)C(=O)Cc1ccc(CC(CCCCC(=O)O)c2ccccc2)cc1. The molecular weight excluding hydrogens is 845 g/mol. The lowest BCUT2D eigenvalue weighted by Gasteiger charge is -2.19. The number of amides is 2. The molecule has 0 aliphatic carbocycles. The molecule has 0 aliphatic rings. The molecule has 2 atom stereocenters. The third kappa shape index (κ3) is 19.4. The lowest BCUT2D eigenvalue weighted by molar-refractivity contribution is -0.137. The summed E-state index contributed by atoms with van der Waals surface area (Å²) in [5, 5.41) is 17.7. The second-order valence-electron chi connectivity index (χ2n) is 17.7. The van der Waals surface area contributed by atoms with Gasteiger partial charge in [-0.1, -0.05) is 182 Å². The zero-order chi connectivity index (χ0) is 48.4. The van der Waals surface area contributed by atoms with Crippen LogP contribution in [0.4, 0.5) is 0 Å². The lowest BCUT2D eigenvalue weighted by atomic mass is 9.87. The van der Waals surface area contributed by atoms with Crippen molar-refractivity contribution in [2.75, 3.05) is 27.2 Å². The van der Waals surface area contributed by atoms with Gasteiger partial charge < -0.3 is 20.0 Å². The maximum Gasteiger partial charge on any atom is 0.327 e. The summed E-state index contributed by atoms with van der Waals surface area (Å²) in [5.41, 5.74) is 9.51. The van der Waals surface area contributed by atoms with E-state index in [1.165, 1.54) is 39.5 Å². The van der Waals surface area contributed by atoms with Crippen molar-refractivity contribution < 1.29 is 29.4 Å². The standard InChI is InChI=1S/C30H35NO3.C30H33NO3/c2*1-31(21-20-24-10-4-2-5-11-24)29(32)23-26-18-16-25(17-19-26)22-28(14-8-9-15-30(33)34)27-12-6-3-7-13-27/h2-7,10-13,16-19,28H,8-9,14-15,20-23H2,1H3,(H,33,34);2-7,9-13,15-19,28H,8,14,20-23H2,1H3,(H,33,34). The van der Waals surface area contributed by atoms with Crippen LogP contribution in [0.5, 0.6) is 0 Å². The van der Waals surface area contributed by atoms with E-state index in [2.05, 4.69) is 97.1 Å². The molecule has 6 aromatic rings. The van der Waals surface area contributed by atoms with Crippen LogP contribution in [0.3, 0.4) is 0 Å². The molecule has 0 fully saturated rings. The van der Waals surface area contributed by atoms with Crippen molar-refractivity contribution in [3.63, 3.8) is 0 Å². The van der Waals surface area contributed by atoms with Crippen LogP contribution in [0, 0.1) is 0 Å². The van der Waals surface area contributed by atoms with Crippen LogP contribution in [0.25, 0.3) is 0 Å². The maximum atomic E-state index is 12.7. The number of hydrogen-bond acceptors (Lipinski definition) is 4. The molecule has 8 heteroatoms. The first-order chi connectivity index (χ1) is 33.0. The number of aliphatic carboxylic acids is 2. The van der Waals surface area contributed by atoms with E-state index in [0.29, 0.717) is 50.6 Å². The number of carboxylic acid groups (broad SMARTS) is 2. The third-order valence-electron chi connectivity index (χ3n) is 12.4. The fourth-order valence-electron chi connectivity index (χ4n) is 8.28. The van der Waals surface area contributed by atoms with E-state index >= 15 is 0 Å². The fraction of sp³-hybridized carbons (Fsp3) is 0.300. The van der Waals surface area contributed by atoms with Crippen molar-refractivity contribution in [3.05, 3.63) is 227 Å². The normalized spacial score (nSPS) is 11.8. The van der Waals surface area contributed by atoms with Crippen molar-refractivity contribution in [1.82, 2.24) is 9.80 Å². The van der Waals surface area contributed by atoms with Gasteiger partial charge in [0.15, 0.2) is 0 Å². The number of hydrogen-bond donors (Lipinski definition) is 2. The van der Waals surface area contributed by atoms with E-state index in [4.69, 9.17) is 10.2 Å². The summed E-state index contributed by atoms with van der Waals surface area (Å²) in [6.45, 7) is 1.41. The number of likely N-dealkylation sites (N-methyl/N-ethyl adjacent to an activating group) is 2. The molecule has 0 spiro atoms. The predicted octanol–water partition coefficient (Wildman–Crippen LogP) is 11.6. The van der Waals surface area contributed by atoms with Crippen molar-refractivity contribution in [1.29, 1.82) is 0 Å². The molecule has 0 radical (unpaired) electrons. The highest BCUT2D eigenvalue weighted by atomic mass is 16.4. The second-order valence-corrected chi connectivity index (χ2v) is 17.7. The zero-order valence-corrected chi connectivity index (χ0v) is 39.8. The Morgan fingerprint density at radius 3 is 1.25 bits per heavy atom. The Hall–Kier alpha value is -7.06. The third-order valence-corrected chi connectivity index (χ3v) is 12.4. The van der Waals surface area contributed by atoms with Gasteiger partial charge in [0.05, 0.1) is 12.8 Å². The summed E-state index contributed by atoms with van der Waals surface area (Å²) in [4.78, 5) is 50.5. The minimum atomic E-state index is -0.910. The summed E-state index contributed by atoms with van der Waals surface area (Å²) in [5.74, 6) is -0.734. The average Bonchev–Trinajstić information content (AvgIpc) is 3.36. The van der Waals surface area contributed by atoms with Gasteiger partial charge in [0, 0.05) is 39.7 Å². The number of carbonyl (C=O) groups is 4. The van der Waals surface area contributed by atoms with Gasteiger partial charge in [-0.05, 0) is 108 Å². The Balaban J connectivity index is 0.000000254. The first-order valence-corrected chi connectivity index (χ1v) is 23.9. The number of allylic oxidation sites excluding steroid dienone is 1. The van der Waals surface area contributed by atoms with Gasteiger partial charge in [-0.15, -0.1) is 0 Å². The minimum absolute atomic E-state index is 0.121. The van der Waals surface area contributed by atoms with Gasteiger partial charge in [-0.2, -0.15) is 0 Å². The molecule has 6 aromatic carbocycles. The molecule has 0 aliphatic heterocycles. The van der Waals surface area contributed by atoms with Crippen LogP contribution >= 0.6 is 0 Å². The van der Waals surface area contributed by atoms with Gasteiger partial charge in [-0.25, -0.2) is 4.79 Å². The van der Waals surface area contributed by atoms with E-state index < -0.39 is 11.9 Å². The predicted molar refractivity (Wildman–Crippen MR) is 274 cm³/mol. The van der Waals surface area contributed by atoms with E-state index in [1.807, 2.05) is 91.8 Å². The number of unbranched alkanes of at least 4 members (excludes halogenated alkanes) is 1. The molecule has 0 aromatic heterocycles. The summed E-state index contributed by atoms with van der Waals surface area (Å²) in [6, 6.07) is 57.9. The highest BCUT2D eigenvalue weighted by molar-refractivity contribution is 5.80. The van der Waals surface area contributed by atoms with E-state index in [0.717, 1.165) is 56.1 Å². The van der Waals surface area contributed by atoms with Crippen molar-refractivity contribution >= 4 is 23.8 Å². The van der Waals surface area contributed by atoms with Gasteiger partial charge in [0.1, 0.15) is 0 Å². The quantitative estimate of drug-likeness (QED) is 0.0437. The number of rotatable bonds is 25. The smallest absolute Gasteiger partial charge is 0.327 e. The maximum absolute atomic E-state index is 12.7. The number of carboxylic acids is 2. The Kier molecular flexibility index (Phi) is 22.0. The lowest BCUT2D eigenvalue weighted by Crippen LogP contribution is -2.30. The highest BCUT2D eigenvalue weighted by Crippen LogP contribution is 2.28. The first-order valence-electron chi connectivity index (χ1n) is 23.9. The van der Waals surface area contributed by atoms with Crippen LogP contribution in [0.2, 0.25) is 0 Å². The molecular formula is C60H68N2O6. The van der Waals surface area contributed by atoms with Crippen molar-refractivity contribution in [3.8, 4) is 0 Å². The number of carbonyl (C=O) groups excluding carboxylic acids is 2. The van der Waals surface area contributed by atoms with Crippen LogP contribution in [0.1, 0.15) is 94.9 Å². The van der Waals surface area contributed by atoms with Gasteiger partial charge in [-0.3, -0.25) is 14.4 Å². The van der Waals surface area contributed by atoms with E-state index in [9.17, 15) is 19.2 Å². The number of benzene rings is 6. The molecule has 2 N–H and O–H groups in total. The monoisotopic (exact) mass is 913 g/mol. The largest absolute Gasteiger partial charge is 0.481 e. The summed E-state index contributed by atoms with van der Waals surface area (Å²) >= 11 is 0. The molecule has 68 heavy (non-hydrogen) atoms. The zero-order valence-electron chi connectivity index (χ0n) is 39.8. The van der Waals surface area contributed by atoms with E-state index in [1.54, 1.807) is 11.0 Å². The molecule has 2 amide bonds. The summed E-state index contributed by atoms with van der Waals surface area (Å²) < 4.78 is 0. The molecule has 354 valence electrons. The molecule has 2 unspecified atom stereocenters. The Labute approximate surface area is 404 Å². The van der Waals surface area contributed by atoms with Crippen molar-refractivity contribution in [2.24, 2.45) is 0 Å². The van der Waals surface area contributed by atoms with E-state index in [-0.39, 0.29) is 18.2 Å². The van der Waals surface area contributed by atoms with Crippen LogP contribution < -0.4 is 0 Å². The molecule has 0 bridgehead atoms. The molecule has 0 saturated heterocycles.